The molecule has 2 aromatic heterocycles. The van der Waals surface area contributed by atoms with Gasteiger partial charge >= 0.3 is 5.69 Å². The van der Waals surface area contributed by atoms with Crippen LogP contribution in [-0.2, 0) is 6.54 Å². The quantitative estimate of drug-likeness (QED) is 0.616. The fraction of sp³-hybridized carbons (Fsp3) is 0.450. The fourth-order valence-corrected chi connectivity index (χ4v) is 3.08. The number of anilines is 1. The maximum atomic E-state index is 13.0. The van der Waals surface area contributed by atoms with Gasteiger partial charge in [-0.3, -0.25) is 9.13 Å². The molecule has 3 aromatic rings. The van der Waals surface area contributed by atoms with Crippen molar-refractivity contribution in [2.75, 3.05) is 19.0 Å². The maximum absolute atomic E-state index is 13.0. The third kappa shape index (κ3) is 3.97. The first-order valence-electron chi connectivity index (χ1n) is 9.39. The highest BCUT2D eigenvalue weighted by Crippen LogP contribution is 2.18. The first-order chi connectivity index (χ1) is 13.0. The van der Waals surface area contributed by atoms with Crippen LogP contribution in [0.4, 0.5) is 5.95 Å². The number of unbranched alkanes of at least 4 members (excludes halogenated alkanes) is 1. The standard InChI is InChI=1S/C20H27N5O2/c1-5-6-11-21-19-22-12-17-18(23-19)24(20(26)25(17)14(2)3)13-15-7-9-16(27-4)10-8-15/h7-10,12,14H,5-6,11,13H2,1-4H3,(H,21,22,23). The van der Waals surface area contributed by atoms with Crippen LogP contribution < -0.4 is 15.7 Å². The molecule has 0 spiro atoms. The third-order valence-electron chi connectivity index (χ3n) is 4.53. The van der Waals surface area contributed by atoms with E-state index in [2.05, 4.69) is 22.2 Å². The summed E-state index contributed by atoms with van der Waals surface area (Å²) in [6, 6.07) is 7.75. The molecule has 0 unspecified atom stereocenters. The molecule has 0 amide bonds. The Balaban J connectivity index is 2.03. The van der Waals surface area contributed by atoms with E-state index < -0.39 is 0 Å². The van der Waals surface area contributed by atoms with Gasteiger partial charge in [0.05, 0.1) is 19.9 Å². The first kappa shape index (κ1) is 18.9. The molecule has 0 atom stereocenters. The number of nitrogens with zero attached hydrogens (tertiary/aromatic N) is 4. The van der Waals surface area contributed by atoms with E-state index in [9.17, 15) is 4.79 Å². The second kappa shape index (κ2) is 8.24. The van der Waals surface area contributed by atoms with Gasteiger partial charge < -0.3 is 10.1 Å². The number of benzene rings is 1. The summed E-state index contributed by atoms with van der Waals surface area (Å²) in [6.45, 7) is 7.39. The number of methoxy groups -OCH3 is 1. The topological polar surface area (TPSA) is 74.0 Å². The average molecular weight is 369 g/mol. The number of aromatic nitrogens is 4. The van der Waals surface area contributed by atoms with Crippen LogP contribution in [-0.4, -0.2) is 32.8 Å². The van der Waals surface area contributed by atoms with E-state index >= 15 is 0 Å². The summed E-state index contributed by atoms with van der Waals surface area (Å²) in [4.78, 5) is 22.1. The molecule has 0 fully saturated rings. The normalized spacial score (nSPS) is 11.3. The fourth-order valence-electron chi connectivity index (χ4n) is 3.08. The second-order valence-electron chi connectivity index (χ2n) is 6.86. The summed E-state index contributed by atoms with van der Waals surface area (Å²) in [5, 5.41) is 3.24. The van der Waals surface area contributed by atoms with Crippen molar-refractivity contribution in [1.82, 2.24) is 19.1 Å². The molecule has 2 heterocycles. The minimum absolute atomic E-state index is 0.0274. The molecular weight excluding hydrogens is 342 g/mol. The predicted octanol–water partition coefficient (Wildman–Crippen LogP) is 3.44. The zero-order valence-corrected chi connectivity index (χ0v) is 16.4. The molecule has 1 aromatic carbocycles. The molecule has 0 radical (unpaired) electrons. The maximum Gasteiger partial charge on any atom is 0.330 e. The molecular formula is C20H27N5O2. The Morgan fingerprint density at radius 1 is 1.22 bits per heavy atom. The molecule has 0 aliphatic rings. The Kier molecular flexibility index (Phi) is 5.78. The largest absolute Gasteiger partial charge is 0.497 e. The van der Waals surface area contributed by atoms with Crippen LogP contribution in [0.5, 0.6) is 5.75 Å². The van der Waals surface area contributed by atoms with Crippen molar-refractivity contribution >= 4 is 17.1 Å². The van der Waals surface area contributed by atoms with Gasteiger partial charge in [-0.2, -0.15) is 4.98 Å². The lowest BCUT2D eigenvalue weighted by molar-refractivity contribution is 0.414. The van der Waals surface area contributed by atoms with Crippen molar-refractivity contribution in [2.24, 2.45) is 0 Å². The Morgan fingerprint density at radius 2 is 1.96 bits per heavy atom. The average Bonchev–Trinajstić information content (AvgIpc) is 2.94. The van der Waals surface area contributed by atoms with Crippen molar-refractivity contribution in [3.8, 4) is 5.75 Å². The van der Waals surface area contributed by atoms with E-state index in [-0.39, 0.29) is 11.7 Å². The van der Waals surface area contributed by atoms with E-state index in [0.717, 1.165) is 36.2 Å². The molecule has 0 bridgehead atoms. The Bertz CT molecular complexity index is 957. The Hall–Kier alpha value is -2.83. The van der Waals surface area contributed by atoms with Gasteiger partial charge in [0, 0.05) is 12.6 Å². The minimum Gasteiger partial charge on any atom is -0.497 e. The zero-order chi connectivity index (χ0) is 19.4. The lowest BCUT2D eigenvalue weighted by atomic mass is 10.2. The van der Waals surface area contributed by atoms with Gasteiger partial charge in [0.1, 0.15) is 11.3 Å². The number of fused-ring (bicyclic) bond motifs is 1. The van der Waals surface area contributed by atoms with Gasteiger partial charge in [-0.05, 0) is 38.0 Å². The predicted molar refractivity (Wildman–Crippen MR) is 108 cm³/mol. The smallest absolute Gasteiger partial charge is 0.330 e. The lowest BCUT2D eigenvalue weighted by Gasteiger charge is -2.07. The summed E-state index contributed by atoms with van der Waals surface area (Å²) in [5.41, 5.74) is 2.35. The van der Waals surface area contributed by atoms with Gasteiger partial charge in [0.15, 0.2) is 5.65 Å². The molecule has 27 heavy (non-hydrogen) atoms. The van der Waals surface area contributed by atoms with E-state index in [1.54, 1.807) is 22.4 Å². The van der Waals surface area contributed by atoms with E-state index in [1.807, 2.05) is 38.1 Å². The van der Waals surface area contributed by atoms with Crippen LogP contribution in [0.15, 0.2) is 35.3 Å². The molecule has 0 saturated heterocycles. The van der Waals surface area contributed by atoms with Crippen LogP contribution >= 0.6 is 0 Å². The van der Waals surface area contributed by atoms with Crippen LogP contribution in [0.2, 0.25) is 0 Å². The Morgan fingerprint density at radius 3 is 2.59 bits per heavy atom. The van der Waals surface area contributed by atoms with Crippen LogP contribution in [0, 0.1) is 0 Å². The van der Waals surface area contributed by atoms with Gasteiger partial charge in [0.2, 0.25) is 5.95 Å². The van der Waals surface area contributed by atoms with Crippen molar-refractivity contribution in [3.63, 3.8) is 0 Å². The van der Waals surface area contributed by atoms with Crippen LogP contribution in [0.1, 0.15) is 45.2 Å². The molecule has 7 heteroatoms. The number of rotatable bonds is 8. The number of imidazole rings is 1. The number of nitrogens with one attached hydrogen (secondary N) is 1. The van der Waals surface area contributed by atoms with Gasteiger partial charge in [-0.25, -0.2) is 9.78 Å². The molecule has 7 nitrogen and oxygen atoms in total. The number of hydrogen-bond acceptors (Lipinski definition) is 5. The molecule has 3 rings (SSSR count). The van der Waals surface area contributed by atoms with Crippen molar-refractivity contribution in [1.29, 1.82) is 0 Å². The molecule has 144 valence electrons. The van der Waals surface area contributed by atoms with Crippen molar-refractivity contribution in [3.05, 3.63) is 46.5 Å². The lowest BCUT2D eigenvalue weighted by Crippen LogP contribution is -2.26. The van der Waals surface area contributed by atoms with Gasteiger partial charge in [-0.15, -0.1) is 0 Å². The summed E-state index contributed by atoms with van der Waals surface area (Å²) < 4.78 is 8.67. The minimum atomic E-state index is -0.0733. The monoisotopic (exact) mass is 369 g/mol. The summed E-state index contributed by atoms with van der Waals surface area (Å²) >= 11 is 0. The highest BCUT2D eigenvalue weighted by Gasteiger charge is 2.18. The summed E-state index contributed by atoms with van der Waals surface area (Å²) in [5.74, 6) is 1.35. The van der Waals surface area contributed by atoms with Crippen molar-refractivity contribution in [2.45, 2.75) is 46.2 Å². The van der Waals surface area contributed by atoms with E-state index in [1.165, 1.54) is 0 Å². The SMILES string of the molecule is CCCCNc1ncc2c(n1)n(Cc1ccc(OC)cc1)c(=O)n2C(C)C. The zero-order valence-electron chi connectivity index (χ0n) is 16.4. The molecule has 0 aliphatic heterocycles. The number of hydrogen-bond donors (Lipinski definition) is 1. The molecule has 1 N–H and O–H groups in total. The number of ether oxygens (including phenoxy) is 1. The molecule has 0 aliphatic carbocycles. The highest BCUT2D eigenvalue weighted by molar-refractivity contribution is 5.72. The van der Waals surface area contributed by atoms with Crippen LogP contribution in [0.3, 0.4) is 0 Å². The van der Waals surface area contributed by atoms with E-state index in [4.69, 9.17) is 4.74 Å². The molecule has 0 saturated carbocycles. The van der Waals surface area contributed by atoms with E-state index in [0.29, 0.717) is 18.1 Å². The summed E-state index contributed by atoms with van der Waals surface area (Å²) in [6.07, 6.45) is 3.89. The van der Waals surface area contributed by atoms with Crippen molar-refractivity contribution < 1.29 is 4.74 Å². The highest BCUT2D eigenvalue weighted by atomic mass is 16.5. The third-order valence-corrected chi connectivity index (χ3v) is 4.53. The Labute approximate surface area is 159 Å². The van der Waals surface area contributed by atoms with Gasteiger partial charge in [-0.1, -0.05) is 25.5 Å². The van der Waals surface area contributed by atoms with Crippen LogP contribution in [0.25, 0.3) is 11.2 Å². The summed E-state index contributed by atoms with van der Waals surface area (Å²) in [7, 11) is 1.64. The first-order valence-corrected chi connectivity index (χ1v) is 9.39. The van der Waals surface area contributed by atoms with Gasteiger partial charge in [0.25, 0.3) is 0 Å². The second-order valence-corrected chi connectivity index (χ2v) is 6.86.